The second-order valence-corrected chi connectivity index (χ2v) is 2.93. The molecule has 1 atom stereocenters. The van der Waals surface area contributed by atoms with E-state index in [1.807, 2.05) is 0 Å². The summed E-state index contributed by atoms with van der Waals surface area (Å²) in [6.07, 6.45) is 3.69. The van der Waals surface area contributed by atoms with Gasteiger partial charge in [0.15, 0.2) is 0 Å². The van der Waals surface area contributed by atoms with Crippen LogP contribution >= 0.6 is 0 Å². The summed E-state index contributed by atoms with van der Waals surface area (Å²) < 4.78 is 4.98. The van der Waals surface area contributed by atoms with Crippen LogP contribution in [0.15, 0.2) is 10.8 Å². The highest BCUT2D eigenvalue weighted by molar-refractivity contribution is 5.18. The quantitative estimate of drug-likeness (QED) is 0.662. The van der Waals surface area contributed by atoms with Crippen molar-refractivity contribution in [1.29, 1.82) is 0 Å². The van der Waals surface area contributed by atoms with Crippen LogP contribution in [-0.4, -0.2) is 29.3 Å². The largest absolute Gasteiger partial charge is 0.411 e. The van der Waals surface area contributed by atoms with Gasteiger partial charge in [0.1, 0.15) is 0 Å². The zero-order valence-electron chi connectivity index (χ0n) is 6.79. The zero-order valence-corrected chi connectivity index (χ0v) is 6.79. The van der Waals surface area contributed by atoms with E-state index in [1.165, 1.54) is 12.8 Å². The zero-order chi connectivity index (χ0) is 8.23. The molecule has 1 unspecified atom stereocenters. The van der Waals surface area contributed by atoms with Crippen molar-refractivity contribution in [2.45, 2.75) is 18.9 Å². The first-order valence-electron chi connectivity index (χ1n) is 4.18. The molecule has 0 radical (unpaired) electrons. The van der Waals surface area contributed by atoms with Crippen LogP contribution in [-0.2, 0) is 0 Å². The summed E-state index contributed by atoms with van der Waals surface area (Å²) in [6, 6.07) is 0.947. The van der Waals surface area contributed by atoms with Gasteiger partial charge in [0.05, 0.1) is 0 Å². The van der Waals surface area contributed by atoms with E-state index in [0.29, 0.717) is 12.1 Å². The number of anilines is 1. The molecule has 1 aliphatic rings. The first-order valence-corrected chi connectivity index (χ1v) is 4.18. The Labute approximate surface area is 70.6 Å². The second-order valence-electron chi connectivity index (χ2n) is 2.93. The van der Waals surface area contributed by atoms with E-state index in [-0.39, 0.29) is 0 Å². The predicted molar refractivity (Wildman–Crippen MR) is 43.8 cm³/mol. The molecular weight excluding hydrogens is 156 g/mol. The molecule has 5 heteroatoms. The Balaban J connectivity index is 1.86. The van der Waals surface area contributed by atoms with Gasteiger partial charge in [0.25, 0.3) is 0 Å². The van der Waals surface area contributed by atoms with E-state index in [9.17, 15) is 0 Å². The monoisotopic (exact) mass is 168 g/mol. The van der Waals surface area contributed by atoms with Crippen molar-refractivity contribution in [1.82, 2.24) is 15.5 Å². The van der Waals surface area contributed by atoms with Crippen LogP contribution in [0, 0.1) is 0 Å². The highest BCUT2D eigenvalue weighted by atomic mass is 16.4. The molecule has 2 N–H and O–H groups in total. The lowest BCUT2D eigenvalue weighted by Crippen LogP contribution is -2.38. The van der Waals surface area contributed by atoms with Crippen LogP contribution in [0.2, 0.25) is 0 Å². The van der Waals surface area contributed by atoms with Crippen LogP contribution in [0.4, 0.5) is 6.01 Å². The van der Waals surface area contributed by atoms with Crippen molar-refractivity contribution < 1.29 is 4.42 Å². The number of nitrogens with zero attached hydrogens (tertiary/aromatic N) is 2. The van der Waals surface area contributed by atoms with Gasteiger partial charge in [-0.1, -0.05) is 5.10 Å². The van der Waals surface area contributed by atoms with Gasteiger partial charge in [0.2, 0.25) is 6.39 Å². The molecule has 0 saturated carbocycles. The van der Waals surface area contributed by atoms with Crippen LogP contribution in [0.5, 0.6) is 0 Å². The molecule has 1 aromatic heterocycles. The van der Waals surface area contributed by atoms with Gasteiger partial charge in [-0.25, -0.2) is 0 Å². The van der Waals surface area contributed by atoms with E-state index in [0.717, 1.165) is 19.5 Å². The minimum atomic E-state index is 0.430. The Morgan fingerprint density at radius 3 is 3.33 bits per heavy atom. The molecule has 0 amide bonds. The van der Waals surface area contributed by atoms with Crippen molar-refractivity contribution in [2.24, 2.45) is 0 Å². The molecular formula is C7H12N4O. The number of hydrogen-bond acceptors (Lipinski definition) is 5. The predicted octanol–water partition coefficient (Wildman–Crippen LogP) is 0.233. The maximum atomic E-state index is 4.98. The number of aromatic nitrogens is 2. The Bertz CT molecular complexity index is 217. The molecule has 1 fully saturated rings. The van der Waals surface area contributed by atoms with Crippen LogP contribution in [0.1, 0.15) is 12.8 Å². The molecule has 5 nitrogen and oxygen atoms in total. The first-order chi connectivity index (χ1) is 5.95. The lowest BCUT2D eigenvalue weighted by molar-refractivity contribution is 0.463. The van der Waals surface area contributed by atoms with E-state index >= 15 is 0 Å². The standard InChI is InChI=1S/C7H12N4O/c1-2-6(4-8-3-1)10-7-11-9-5-12-7/h5-6,8H,1-4H2,(H,10,11). The summed E-state index contributed by atoms with van der Waals surface area (Å²) >= 11 is 0. The van der Waals surface area contributed by atoms with Crippen molar-refractivity contribution in [3.63, 3.8) is 0 Å². The SMILES string of the molecule is c1nnc(NC2CCCNC2)o1. The number of nitrogens with one attached hydrogen (secondary N) is 2. The molecule has 1 aliphatic heterocycles. The van der Waals surface area contributed by atoms with Crippen LogP contribution < -0.4 is 10.6 Å². The highest BCUT2D eigenvalue weighted by Gasteiger charge is 2.13. The summed E-state index contributed by atoms with van der Waals surface area (Å²) in [5, 5.41) is 13.8. The fraction of sp³-hybridized carbons (Fsp3) is 0.714. The van der Waals surface area contributed by atoms with Gasteiger partial charge in [-0.2, -0.15) is 0 Å². The Kier molecular flexibility index (Phi) is 2.22. The molecule has 2 rings (SSSR count). The summed E-state index contributed by atoms with van der Waals surface area (Å²) in [5.41, 5.74) is 0. The van der Waals surface area contributed by atoms with E-state index < -0.39 is 0 Å². The number of rotatable bonds is 2. The topological polar surface area (TPSA) is 63.0 Å². The summed E-state index contributed by atoms with van der Waals surface area (Å²) in [4.78, 5) is 0. The van der Waals surface area contributed by atoms with Gasteiger partial charge in [0, 0.05) is 12.6 Å². The normalized spacial score (nSPS) is 23.8. The molecule has 0 bridgehead atoms. The minimum Gasteiger partial charge on any atom is -0.411 e. The highest BCUT2D eigenvalue weighted by Crippen LogP contribution is 2.08. The first kappa shape index (κ1) is 7.54. The van der Waals surface area contributed by atoms with Crippen LogP contribution in [0.3, 0.4) is 0 Å². The van der Waals surface area contributed by atoms with Crippen molar-refractivity contribution in [3.8, 4) is 0 Å². The van der Waals surface area contributed by atoms with Gasteiger partial charge in [-0.05, 0) is 19.4 Å². The molecule has 0 spiro atoms. The van der Waals surface area contributed by atoms with Gasteiger partial charge >= 0.3 is 6.01 Å². The minimum absolute atomic E-state index is 0.430. The Morgan fingerprint density at radius 1 is 1.67 bits per heavy atom. The van der Waals surface area contributed by atoms with Crippen molar-refractivity contribution in [3.05, 3.63) is 6.39 Å². The maximum absolute atomic E-state index is 4.98. The van der Waals surface area contributed by atoms with Crippen LogP contribution in [0.25, 0.3) is 0 Å². The summed E-state index contributed by atoms with van der Waals surface area (Å²) in [6.45, 7) is 2.09. The average Bonchev–Trinajstić information content (AvgIpc) is 2.59. The van der Waals surface area contributed by atoms with Gasteiger partial charge in [-0.15, -0.1) is 5.10 Å². The fourth-order valence-electron chi connectivity index (χ4n) is 1.39. The van der Waals surface area contributed by atoms with Gasteiger partial charge in [-0.3, -0.25) is 0 Å². The van der Waals surface area contributed by atoms with E-state index in [1.54, 1.807) is 0 Å². The third-order valence-electron chi connectivity index (χ3n) is 1.98. The second kappa shape index (κ2) is 3.53. The van der Waals surface area contributed by atoms with Crippen molar-refractivity contribution in [2.75, 3.05) is 18.4 Å². The maximum Gasteiger partial charge on any atom is 0.315 e. The molecule has 12 heavy (non-hydrogen) atoms. The molecule has 2 heterocycles. The van der Waals surface area contributed by atoms with E-state index in [2.05, 4.69) is 20.8 Å². The average molecular weight is 168 g/mol. The lowest BCUT2D eigenvalue weighted by Gasteiger charge is -2.22. The molecule has 1 saturated heterocycles. The van der Waals surface area contributed by atoms with Gasteiger partial charge < -0.3 is 15.1 Å². The molecule has 0 aromatic carbocycles. The molecule has 66 valence electrons. The third kappa shape index (κ3) is 1.73. The number of hydrogen-bond donors (Lipinski definition) is 2. The molecule has 1 aromatic rings. The molecule has 0 aliphatic carbocycles. The number of piperidine rings is 1. The third-order valence-corrected chi connectivity index (χ3v) is 1.98. The smallest absolute Gasteiger partial charge is 0.315 e. The Hall–Kier alpha value is -1.10. The summed E-state index contributed by atoms with van der Waals surface area (Å²) in [7, 11) is 0. The van der Waals surface area contributed by atoms with E-state index in [4.69, 9.17) is 4.42 Å². The Morgan fingerprint density at radius 2 is 2.67 bits per heavy atom. The summed E-state index contributed by atoms with van der Waals surface area (Å²) in [5.74, 6) is 0. The fourth-order valence-corrected chi connectivity index (χ4v) is 1.39. The van der Waals surface area contributed by atoms with Crippen molar-refractivity contribution >= 4 is 6.01 Å². The lowest BCUT2D eigenvalue weighted by atomic mass is 10.1.